The van der Waals surface area contributed by atoms with Crippen molar-refractivity contribution in [1.29, 1.82) is 0 Å². The van der Waals surface area contributed by atoms with Crippen molar-refractivity contribution in [2.75, 3.05) is 32.8 Å². The fourth-order valence-corrected chi connectivity index (χ4v) is 3.46. The zero-order valence-corrected chi connectivity index (χ0v) is 20.4. The smallest absolute Gasteiger partial charge is 0.303 e. The molecular formula is C24H29F3N4O4. The Hall–Kier alpha value is -3.18. The minimum atomic E-state index is -3.81. The van der Waals surface area contributed by atoms with E-state index >= 15 is 4.39 Å². The Labute approximate surface area is 201 Å². The van der Waals surface area contributed by atoms with Crippen LogP contribution < -0.4 is 14.8 Å². The second-order valence-corrected chi connectivity index (χ2v) is 8.54. The van der Waals surface area contributed by atoms with Crippen LogP contribution in [0.15, 0.2) is 24.3 Å². The average Bonchev–Trinajstić information content (AvgIpc) is 2.78. The molecule has 0 saturated carbocycles. The molecule has 0 spiro atoms. The molecule has 3 rings (SSSR count). The number of halogens is 3. The monoisotopic (exact) mass is 494 g/mol. The number of methoxy groups -OCH3 is 2. The van der Waals surface area contributed by atoms with E-state index < -0.39 is 28.9 Å². The summed E-state index contributed by atoms with van der Waals surface area (Å²) in [7, 11) is 3.00. The van der Waals surface area contributed by atoms with Crippen molar-refractivity contribution in [2.45, 2.75) is 45.3 Å². The number of hydrogen-bond donors (Lipinski definition) is 2. The van der Waals surface area contributed by atoms with Crippen LogP contribution in [0.3, 0.4) is 0 Å². The van der Waals surface area contributed by atoms with E-state index in [0.717, 1.165) is 19.9 Å². The summed E-state index contributed by atoms with van der Waals surface area (Å²) in [5, 5.41) is 13.4. The normalized spacial score (nSPS) is 13.1. The molecular weight excluding hydrogens is 465 g/mol. The average molecular weight is 495 g/mol. The van der Waals surface area contributed by atoms with E-state index in [-0.39, 0.29) is 18.1 Å². The summed E-state index contributed by atoms with van der Waals surface area (Å²) in [5.74, 6) is -3.67. The number of nitrogens with zero attached hydrogens (tertiary/aromatic N) is 3. The maximum Gasteiger partial charge on any atom is 0.303 e. The first-order chi connectivity index (χ1) is 16.4. The van der Waals surface area contributed by atoms with Crippen LogP contribution in [0.25, 0.3) is 11.0 Å². The van der Waals surface area contributed by atoms with Gasteiger partial charge < -0.3 is 24.6 Å². The first kappa shape index (κ1) is 26.4. The minimum Gasteiger partial charge on any atom is -0.486 e. The van der Waals surface area contributed by atoms with E-state index in [1.54, 1.807) is 27.0 Å². The minimum absolute atomic E-state index is 0.0196. The third-order valence-electron chi connectivity index (χ3n) is 5.42. The zero-order valence-electron chi connectivity index (χ0n) is 20.4. The molecule has 190 valence electrons. The van der Waals surface area contributed by atoms with Crippen molar-refractivity contribution in [1.82, 2.24) is 15.0 Å². The molecule has 1 unspecified atom stereocenters. The van der Waals surface area contributed by atoms with E-state index in [4.69, 9.17) is 14.2 Å². The van der Waals surface area contributed by atoms with Crippen molar-refractivity contribution < 1.29 is 32.5 Å². The molecule has 11 heteroatoms. The number of anilines is 1. The molecule has 35 heavy (non-hydrogen) atoms. The van der Waals surface area contributed by atoms with Gasteiger partial charge in [-0.25, -0.2) is 14.4 Å². The third kappa shape index (κ3) is 5.40. The molecule has 0 fully saturated rings. The summed E-state index contributed by atoms with van der Waals surface area (Å²) >= 11 is 0. The van der Waals surface area contributed by atoms with Crippen molar-refractivity contribution >= 4 is 16.9 Å². The lowest BCUT2D eigenvalue weighted by Crippen LogP contribution is -2.41. The van der Waals surface area contributed by atoms with E-state index in [0.29, 0.717) is 35.0 Å². The summed E-state index contributed by atoms with van der Waals surface area (Å²) in [4.78, 5) is 13.1. The lowest BCUT2D eigenvalue weighted by atomic mass is 9.91. The van der Waals surface area contributed by atoms with Gasteiger partial charge in [-0.15, -0.1) is 0 Å². The van der Waals surface area contributed by atoms with E-state index in [1.165, 1.54) is 19.2 Å². The van der Waals surface area contributed by atoms with Crippen molar-refractivity contribution in [2.24, 2.45) is 0 Å². The quantitative estimate of drug-likeness (QED) is 0.397. The number of nitrogens with one attached hydrogen (secondary N) is 1. The molecule has 0 aliphatic carbocycles. The molecule has 1 aromatic carbocycles. The molecule has 2 aromatic heterocycles. The molecule has 3 aromatic rings. The number of hydrogen-bond acceptors (Lipinski definition) is 8. The highest BCUT2D eigenvalue weighted by Gasteiger charge is 2.49. The van der Waals surface area contributed by atoms with Gasteiger partial charge in [0.2, 0.25) is 0 Å². The van der Waals surface area contributed by atoms with Crippen molar-refractivity contribution in [3.63, 3.8) is 0 Å². The third-order valence-corrected chi connectivity index (χ3v) is 5.42. The van der Waals surface area contributed by atoms with Gasteiger partial charge in [-0.2, -0.15) is 13.8 Å². The van der Waals surface area contributed by atoms with Gasteiger partial charge in [-0.1, -0.05) is 12.1 Å². The van der Waals surface area contributed by atoms with E-state index in [9.17, 15) is 13.9 Å². The molecule has 2 N–H and O–H groups in total. The van der Waals surface area contributed by atoms with E-state index in [2.05, 4.69) is 20.3 Å². The summed E-state index contributed by atoms with van der Waals surface area (Å²) in [6, 6.07) is 4.55. The Morgan fingerprint density at radius 2 is 1.83 bits per heavy atom. The molecule has 8 nitrogen and oxygen atoms in total. The lowest BCUT2D eigenvalue weighted by molar-refractivity contribution is -0.170. The maximum atomic E-state index is 15.3. The van der Waals surface area contributed by atoms with Crippen LogP contribution >= 0.6 is 0 Å². The fourth-order valence-electron chi connectivity index (χ4n) is 3.46. The Balaban J connectivity index is 2.03. The number of fused-ring (bicyclic) bond motifs is 1. The molecule has 0 amide bonds. The Morgan fingerprint density at radius 3 is 2.46 bits per heavy atom. The van der Waals surface area contributed by atoms with Crippen LogP contribution in [0.4, 0.5) is 19.0 Å². The van der Waals surface area contributed by atoms with Crippen molar-refractivity contribution in [3.05, 3.63) is 47.0 Å². The predicted octanol–water partition coefficient (Wildman–Crippen LogP) is 4.54. The summed E-state index contributed by atoms with van der Waals surface area (Å²) in [5.41, 5.74) is -3.05. The Morgan fingerprint density at radius 1 is 1.11 bits per heavy atom. The van der Waals surface area contributed by atoms with Gasteiger partial charge in [0, 0.05) is 18.7 Å². The largest absolute Gasteiger partial charge is 0.486 e. The van der Waals surface area contributed by atoms with Crippen molar-refractivity contribution in [3.8, 4) is 11.6 Å². The van der Waals surface area contributed by atoms with Crippen LogP contribution in [0.1, 0.15) is 43.8 Å². The molecule has 0 saturated heterocycles. The van der Waals surface area contributed by atoms with Gasteiger partial charge in [-0.3, -0.25) is 0 Å². The summed E-state index contributed by atoms with van der Waals surface area (Å²) < 4.78 is 60.7. The number of benzene rings is 1. The number of pyridine rings is 1. The second-order valence-electron chi connectivity index (χ2n) is 8.54. The first-order valence-electron chi connectivity index (χ1n) is 10.9. The molecule has 2 heterocycles. The zero-order chi connectivity index (χ0) is 26.0. The number of aryl methyl sites for hydroxylation is 1. The second kappa shape index (κ2) is 10.2. The van der Waals surface area contributed by atoms with Gasteiger partial charge in [0.05, 0.1) is 30.7 Å². The number of rotatable bonds is 10. The Bertz CT molecular complexity index is 1200. The van der Waals surface area contributed by atoms with Gasteiger partial charge in [0.25, 0.3) is 5.88 Å². The lowest BCUT2D eigenvalue weighted by Gasteiger charge is -2.30. The molecule has 1 atom stereocenters. The highest BCUT2D eigenvalue weighted by atomic mass is 19.3. The van der Waals surface area contributed by atoms with Crippen LogP contribution in [0.2, 0.25) is 0 Å². The molecule has 0 radical (unpaired) electrons. The van der Waals surface area contributed by atoms with Gasteiger partial charge in [0.1, 0.15) is 29.7 Å². The van der Waals surface area contributed by atoms with Gasteiger partial charge in [-0.05, 0) is 33.8 Å². The highest BCUT2D eigenvalue weighted by molar-refractivity contribution is 5.88. The van der Waals surface area contributed by atoms with Crippen LogP contribution in [-0.2, 0) is 10.7 Å². The van der Waals surface area contributed by atoms with Crippen LogP contribution in [-0.4, -0.2) is 53.1 Å². The van der Waals surface area contributed by atoms with E-state index in [1.807, 2.05) is 0 Å². The number of aliphatic hydroxyl groups is 1. The van der Waals surface area contributed by atoms with Crippen LogP contribution in [0.5, 0.6) is 11.6 Å². The molecule has 0 aliphatic heterocycles. The topological polar surface area (TPSA) is 98.6 Å². The first-order valence-corrected chi connectivity index (χ1v) is 10.9. The number of alkyl halides is 2. The van der Waals surface area contributed by atoms with Crippen LogP contribution in [0, 0.1) is 12.7 Å². The molecule has 0 bridgehead atoms. The Kier molecular flexibility index (Phi) is 7.71. The number of aromatic nitrogens is 3. The SMILES string of the molecule is COCCOc1cc2c(NC(C)c3cccc(C(F)(F)C(C)(C)O)c3F)nc(C)nc2nc1OC. The van der Waals surface area contributed by atoms with Gasteiger partial charge >= 0.3 is 5.92 Å². The maximum absolute atomic E-state index is 15.3. The summed E-state index contributed by atoms with van der Waals surface area (Å²) in [6.45, 7) is 5.74. The molecule has 0 aliphatic rings. The predicted molar refractivity (Wildman–Crippen MR) is 125 cm³/mol. The fraction of sp³-hybridized carbons (Fsp3) is 0.458. The van der Waals surface area contributed by atoms with Gasteiger partial charge in [0.15, 0.2) is 11.4 Å². The standard InChI is InChI=1S/C24H29F3N4O4/c1-13(15-8-7-9-17(19(15)25)24(26,27)23(3,4)32)28-20-16-12-18(35-11-10-33-5)22(34-6)31-21(16)30-14(2)29-20/h7-9,12-13,32H,10-11H2,1-6H3,(H,28,29,30,31). The number of ether oxygens (including phenoxy) is 3. The highest BCUT2D eigenvalue weighted by Crippen LogP contribution is 2.41. The summed E-state index contributed by atoms with van der Waals surface area (Å²) in [6.07, 6.45) is 0.